The van der Waals surface area contributed by atoms with Crippen LogP contribution in [0.1, 0.15) is 43.5 Å². The van der Waals surface area contributed by atoms with E-state index in [1.54, 1.807) is 0 Å². The molecule has 2 fully saturated rings. The van der Waals surface area contributed by atoms with Crippen LogP contribution in [0.15, 0.2) is 18.2 Å². The number of hydrogen-bond donors (Lipinski definition) is 3. The van der Waals surface area contributed by atoms with Gasteiger partial charge in [-0.1, -0.05) is 43.5 Å². The fourth-order valence-electron chi connectivity index (χ4n) is 4.22. The van der Waals surface area contributed by atoms with E-state index in [0.29, 0.717) is 5.02 Å². The van der Waals surface area contributed by atoms with Crippen molar-refractivity contribution >= 4 is 59.6 Å². The van der Waals surface area contributed by atoms with Gasteiger partial charge in [-0.05, 0) is 24.1 Å². The van der Waals surface area contributed by atoms with Crippen LogP contribution in [0.2, 0.25) is 10.0 Å². The fraction of sp³-hybridized carbons (Fsp3) is 0.476. The van der Waals surface area contributed by atoms with Gasteiger partial charge in [-0.3, -0.25) is 19.2 Å². The predicted octanol–water partition coefficient (Wildman–Crippen LogP) is 0.639. The molecule has 0 spiro atoms. The Morgan fingerprint density at radius 3 is 2.57 bits per heavy atom. The van der Waals surface area contributed by atoms with Crippen molar-refractivity contribution in [2.75, 3.05) is 13.6 Å². The molecule has 1 unspecified atom stereocenters. The normalized spacial score (nSPS) is 24.2. The highest BCUT2D eigenvalue weighted by atomic mass is 35.5. The Kier molecular flexibility index (Phi) is 7.98. The summed E-state index contributed by atoms with van der Waals surface area (Å²) in [7, 11) is 1.35. The molecule has 0 radical (unpaired) electrons. The van der Waals surface area contributed by atoms with Gasteiger partial charge in [-0.2, -0.15) is 0 Å². The van der Waals surface area contributed by atoms with Crippen LogP contribution in [0.4, 0.5) is 0 Å². The fourth-order valence-corrected chi connectivity index (χ4v) is 4.60. The molecule has 190 valence electrons. The van der Waals surface area contributed by atoms with Gasteiger partial charge >= 0.3 is 12.7 Å². The van der Waals surface area contributed by atoms with Crippen LogP contribution in [-0.4, -0.2) is 66.2 Å². The minimum atomic E-state index is -3.08. The second kappa shape index (κ2) is 10.4. The van der Waals surface area contributed by atoms with Crippen LogP contribution in [0.5, 0.6) is 0 Å². The van der Waals surface area contributed by atoms with Crippen molar-refractivity contribution in [2.24, 2.45) is 5.92 Å². The summed E-state index contributed by atoms with van der Waals surface area (Å²) in [5.41, 5.74) is -1.69. The lowest BCUT2D eigenvalue weighted by Gasteiger charge is -2.55. The summed E-state index contributed by atoms with van der Waals surface area (Å²) in [6.45, 7) is 0.142. The number of hydrogen-bond acceptors (Lipinski definition) is 7. The first kappa shape index (κ1) is 26.8. The van der Waals surface area contributed by atoms with Gasteiger partial charge in [0.15, 0.2) is 0 Å². The first-order valence-corrected chi connectivity index (χ1v) is 11.7. The monoisotopic (exact) mass is 529 g/mol. The number of carbonyl (C=O) groups excluding carboxylic acids is 4. The molecule has 0 aromatic heterocycles. The average Bonchev–Trinajstić information content (AvgIpc) is 2.76. The quantitative estimate of drug-likeness (QED) is 0.330. The lowest BCUT2D eigenvalue weighted by Crippen LogP contribution is -2.77. The number of carboxylic acids is 1. The van der Waals surface area contributed by atoms with Crippen molar-refractivity contribution in [3.05, 3.63) is 33.8 Å². The lowest BCUT2D eigenvalue weighted by molar-refractivity contribution is -0.201. The van der Waals surface area contributed by atoms with Crippen LogP contribution in [-0.2, 0) is 28.5 Å². The molecule has 3 atom stereocenters. The van der Waals surface area contributed by atoms with E-state index in [9.17, 15) is 24.0 Å². The summed E-state index contributed by atoms with van der Waals surface area (Å²) in [5.74, 6) is -4.53. The summed E-state index contributed by atoms with van der Waals surface area (Å²) >= 11 is 11.9. The number of amides is 3. The van der Waals surface area contributed by atoms with Crippen molar-refractivity contribution in [2.45, 2.75) is 44.7 Å². The second-order valence-corrected chi connectivity index (χ2v) is 9.74. The second-order valence-electron chi connectivity index (χ2n) is 8.90. The highest BCUT2D eigenvalue weighted by molar-refractivity contribution is 6.66. The molecule has 3 rings (SSSR count). The van der Waals surface area contributed by atoms with Crippen LogP contribution in [0.3, 0.4) is 0 Å². The highest BCUT2D eigenvalue weighted by Gasteiger charge is 2.65. The van der Waals surface area contributed by atoms with Gasteiger partial charge in [0.2, 0.25) is 11.8 Å². The zero-order valence-corrected chi connectivity index (χ0v) is 20.9. The number of carbonyl (C=O) groups is 5. The van der Waals surface area contributed by atoms with Gasteiger partial charge in [0.25, 0.3) is 11.9 Å². The zero-order chi connectivity index (χ0) is 26.0. The van der Waals surface area contributed by atoms with Gasteiger partial charge in [-0.25, -0.2) is 0 Å². The van der Waals surface area contributed by atoms with E-state index in [-0.39, 0.29) is 22.9 Å². The molecular formula is C21H26BCl2N3O8. The van der Waals surface area contributed by atoms with E-state index in [1.165, 1.54) is 25.2 Å². The van der Waals surface area contributed by atoms with Gasteiger partial charge in [0, 0.05) is 22.8 Å². The Balaban J connectivity index is 1.80. The van der Waals surface area contributed by atoms with Crippen molar-refractivity contribution in [3.63, 3.8) is 0 Å². The maximum Gasteiger partial charge on any atom is 0.594 e. The Morgan fingerprint density at radius 1 is 1.20 bits per heavy atom. The van der Waals surface area contributed by atoms with E-state index in [4.69, 9.17) is 32.5 Å². The number of likely N-dealkylation sites (N-methyl/N-ethyl adjacent to an activating group) is 1. The van der Waals surface area contributed by atoms with Gasteiger partial charge in [0.1, 0.15) is 12.0 Å². The first-order valence-electron chi connectivity index (χ1n) is 11.0. The Hall–Kier alpha value is -2.83. The summed E-state index contributed by atoms with van der Waals surface area (Å²) < 4.78 is 15.3. The molecule has 0 aliphatic carbocycles. The number of rotatable bonds is 8. The molecule has 1 aromatic carbocycles. The number of halogens is 2. The van der Waals surface area contributed by atoms with Crippen LogP contribution < -0.4 is 16.0 Å². The van der Waals surface area contributed by atoms with Gasteiger partial charge in [-0.15, -0.1) is 0 Å². The Bertz CT molecular complexity index is 1050. The average molecular weight is 530 g/mol. The van der Waals surface area contributed by atoms with Gasteiger partial charge < -0.3 is 29.9 Å². The molecule has 1 aromatic rings. The van der Waals surface area contributed by atoms with Crippen molar-refractivity contribution in [3.8, 4) is 0 Å². The van der Waals surface area contributed by atoms with Crippen LogP contribution >= 0.6 is 23.2 Å². The standard InChI is InChI=1S/C21H26BCl2N3O8/c1-11(2)6-15(27-16(28)10-26-19(31)13-7-12(23)4-5-14(13)24)22-33-17(29)8-21(35-22,20(32)25-3)9-18(30)34-22/h4-5,7,11,15,33H,6,8-10H2,1-3H3,(H,25,32)(H,26,31)(H,27,28)/t15-,21-,22?/m0/s1. The topological polar surface area (TPSA) is 153 Å². The largest absolute Gasteiger partial charge is 0.717 e. The highest BCUT2D eigenvalue weighted by Crippen LogP contribution is 2.39. The van der Waals surface area contributed by atoms with E-state index < -0.39 is 67.3 Å². The summed E-state index contributed by atoms with van der Waals surface area (Å²) in [4.78, 5) is 62.8. The molecule has 11 nitrogen and oxygen atoms in total. The molecule has 2 heterocycles. The SMILES string of the molecule is CNC(=O)[C@]12CC(=O)O[B-]([C@H](CC(C)C)NC(=O)CNC(=O)c3cc(Cl)ccc3Cl)(O1)[OH+]C(=O)C2. The number of fused-ring (bicyclic) bond motifs is 2. The molecule has 14 heteroatoms. The maximum absolute atomic E-state index is 12.8. The number of nitrogens with one attached hydrogen (secondary N) is 3. The lowest BCUT2D eigenvalue weighted by atomic mass is 9.61. The zero-order valence-electron chi connectivity index (χ0n) is 19.4. The molecule has 2 bridgehead atoms. The van der Waals surface area contributed by atoms with Crippen LogP contribution in [0, 0.1) is 5.92 Å². The van der Waals surface area contributed by atoms with E-state index in [0.717, 1.165) is 0 Å². The number of aliphatic carboxylic acids is 1. The Morgan fingerprint density at radius 2 is 1.91 bits per heavy atom. The predicted molar refractivity (Wildman–Crippen MR) is 126 cm³/mol. The molecule has 2 aliphatic heterocycles. The number of benzene rings is 1. The smallest absolute Gasteiger partial charge is 0.594 e. The minimum absolute atomic E-state index is 0.0535. The third kappa shape index (κ3) is 5.88. The summed E-state index contributed by atoms with van der Waals surface area (Å²) in [5, 5.41) is 7.94. The maximum atomic E-state index is 12.8. The van der Waals surface area contributed by atoms with Crippen molar-refractivity contribution in [1.82, 2.24) is 16.0 Å². The summed E-state index contributed by atoms with van der Waals surface area (Å²) in [6.07, 6.45) is -0.687. The van der Waals surface area contributed by atoms with Crippen molar-refractivity contribution in [1.29, 1.82) is 0 Å². The molecule has 3 amide bonds. The van der Waals surface area contributed by atoms with Crippen molar-refractivity contribution < 1.29 is 37.9 Å². The molecular weight excluding hydrogens is 504 g/mol. The molecule has 4 N–H and O–H groups in total. The van der Waals surface area contributed by atoms with Gasteiger partial charge in [0.05, 0.1) is 23.6 Å². The first-order chi connectivity index (χ1) is 16.4. The van der Waals surface area contributed by atoms with E-state index in [1.807, 2.05) is 13.8 Å². The molecule has 0 saturated carbocycles. The van der Waals surface area contributed by atoms with E-state index in [2.05, 4.69) is 20.6 Å². The molecule has 2 aliphatic rings. The van der Waals surface area contributed by atoms with Crippen LogP contribution in [0.25, 0.3) is 0 Å². The summed E-state index contributed by atoms with van der Waals surface area (Å²) in [6, 6.07) is 4.33. The Labute approximate surface area is 211 Å². The minimum Gasteiger partial charge on any atom is -0.717 e. The third-order valence-electron chi connectivity index (χ3n) is 5.69. The third-order valence-corrected chi connectivity index (χ3v) is 6.25. The van der Waals surface area contributed by atoms with E-state index >= 15 is 0 Å². The molecule has 35 heavy (non-hydrogen) atoms. The molecule has 2 saturated heterocycles.